The third-order valence-corrected chi connectivity index (χ3v) is 7.87. The first-order chi connectivity index (χ1) is 16.6. The number of rotatable bonds is 6. The fraction of sp³-hybridized carbons (Fsp3) is 0.385. The second kappa shape index (κ2) is 10.0. The minimum Gasteiger partial charge on any atom is -0.497 e. The third kappa shape index (κ3) is 4.87. The van der Waals surface area contributed by atoms with Crippen molar-refractivity contribution in [2.75, 3.05) is 20.4 Å². The van der Waals surface area contributed by atoms with Gasteiger partial charge in [-0.3, -0.25) is 9.59 Å². The molecule has 0 aromatic heterocycles. The van der Waals surface area contributed by atoms with Gasteiger partial charge in [0.2, 0.25) is 12.7 Å². The van der Waals surface area contributed by atoms with Crippen molar-refractivity contribution in [1.82, 2.24) is 10.2 Å². The summed E-state index contributed by atoms with van der Waals surface area (Å²) in [6.45, 7) is 0.648. The monoisotopic (exact) mass is 480 g/mol. The van der Waals surface area contributed by atoms with E-state index in [2.05, 4.69) is 5.32 Å². The summed E-state index contributed by atoms with van der Waals surface area (Å²) in [5.74, 6) is 1.95. The molecule has 1 aliphatic carbocycles. The van der Waals surface area contributed by atoms with Gasteiger partial charge >= 0.3 is 0 Å². The highest BCUT2D eigenvalue weighted by molar-refractivity contribution is 8.04. The molecule has 7 nitrogen and oxygen atoms in total. The normalized spacial score (nSPS) is 22.4. The predicted octanol–water partition coefficient (Wildman–Crippen LogP) is 3.97. The number of benzene rings is 2. The van der Waals surface area contributed by atoms with Crippen molar-refractivity contribution in [3.8, 4) is 17.2 Å². The average molecular weight is 481 g/mol. The van der Waals surface area contributed by atoms with Crippen LogP contribution in [-0.4, -0.2) is 48.5 Å². The molecule has 8 heteroatoms. The lowest BCUT2D eigenvalue weighted by molar-refractivity contribution is -0.135. The van der Waals surface area contributed by atoms with E-state index in [0.29, 0.717) is 28.2 Å². The Morgan fingerprint density at radius 2 is 1.94 bits per heavy atom. The van der Waals surface area contributed by atoms with Crippen molar-refractivity contribution in [3.63, 3.8) is 0 Å². The van der Waals surface area contributed by atoms with Crippen molar-refractivity contribution in [2.24, 2.45) is 0 Å². The Morgan fingerprint density at radius 3 is 2.76 bits per heavy atom. The maximum absolute atomic E-state index is 13.4. The van der Waals surface area contributed by atoms with E-state index < -0.39 is 0 Å². The van der Waals surface area contributed by atoms with Gasteiger partial charge in [-0.2, -0.15) is 0 Å². The number of amides is 2. The quantitative estimate of drug-likeness (QED) is 0.631. The van der Waals surface area contributed by atoms with Crippen LogP contribution in [0.5, 0.6) is 17.2 Å². The molecule has 2 aromatic rings. The molecule has 2 amide bonds. The van der Waals surface area contributed by atoms with Crippen LogP contribution in [-0.2, 0) is 16.1 Å². The topological polar surface area (TPSA) is 77.1 Å². The molecule has 2 unspecified atom stereocenters. The number of thioether (sulfide) groups is 1. The molecular formula is C26H28N2O5S. The minimum absolute atomic E-state index is 0.0606. The highest BCUT2D eigenvalue weighted by Gasteiger charge is 2.41. The lowest BCUT2D eigenvalue weighted by Gasteiger charge is -2.43. The number of methoxy groups -OCH3 is 1. The standard InChI is InChI=1S/C26H28N2O5S/c1-31-19-9-6-17(7-10-19)13-24-26(30)28(20-4-2-3-5-23(20)34-24)15-25(29)27-14-18-8-11-21-22(12-18)33-16-32-21/h6-13,20,23H,2-5,14-16H2,1H3,(H,27,29)/b24-13+. The highest BCUT2D eigenvalue weighted by Crippen LogP contribution is 2.42. The van der Waals surface area contributed by atoms with E-state index >= 15 is 0 Å². The molecule has 0 spiro atoms. The van der Waals surface area contributed by atoms with E-state index in [-0.39, 0.29) is 31.2 Å². The third-order valence-electron chi connectivity index (χ3n) is 6.47. The summed E-state index contributed by atoms with van der Waals surface area (Å²) < 4.78 is 16.0. The Bertz CT molecular complexity index is 1100. The number of carbonyl (C=O) groups excluding carboxylic acids is 2. The number of nitrogens with zero attached hydrogens (tertiary/aromatic N) is 1. The summed E-state index contributed by atoms with van der Waals surface area (Å²) in [6, 6.07) is 13.4. The van der Waals surface area contributed by atoms with E-state index in [0.717, 1.165) is 42.6 Å². The fourth-order valence-electron chi connectivity index (χ4n) is 4.68. The van der Waals surface area contributed by atoms with Gasteiger partial charge in [-0.05, 0) is 54.3 Å². The van der Waals surface area contributed by atoms with Gasteiger partial charge in [-0.1, -0.05) is 31.0 Å². The molecule has 1 N–H and O–H groups in total. The number of nitrogens with one attached hydrogen (secondary N) is 1. The van der Waals surface area contributed by atoms with E-state index in [1.165, 1.54) is 0 Å². The molecule has 1 saturated carbocycles. The van der Waals surface area contributed by atoms with E-state index in [9.17, 15) is 9.59 Å². The molecule has 2 aliphatic heterocycles. The SMILES string of the molecule is COc1ccc(/C=C2/SC3CCCCC3N(CC(=O)NCc3ccc4c(c3)OCO4)C2=O)cc1. The fourth-order valence-corrected chi connectivity index (χ4v) is 6.15. The highest BCUT2D eigenvalue weighted by atomic mass is 32.2. The minimum atomic E-state index is -0.161. The van der Waals surface area contributed by atoms with Crippen molar-refractivity contribution in [3.05, 3.63) is 58.5 Å². The van der Waals surface area contributed by atoms with Crippen LogP contribution < -0.4 is 19.5 Å². The lowest BCUT2D eigenvalue weighted by atomic mass is 9.93. The summed E-state index contributed by atoms with van der Waals surface area (Å²) in [5, 5.41) is 3.28. The Kier molecular flexibility index (Phi) is 6.67. The summed E-state index contributed by atoms with van der Waals surface area (Å²) >= 11 is 1.66. The first-order valence-corrected chi connectivity index (χ1v) is 12.5. The van der Waals surface area contributed by atoms with E-state index in [1.54, 1.807) is 23.8 Å². The number of hydrogen-bond donors (Lipinski definition) is 1. The van der Waals surface area contributed by atoms with Crippen LogP contribution in [0.15, 0.2) is 47.4 Å². The van der Waals surface area contributed by atoms with Crippen LogP contribution in [0.1, 0.15) is 36.8 Å². The van der Waals surface area contributed by atoms with E-state index in [1.807, 2.05) is 48.5 Å². The molecule has 1 saturated heterocycles. The smallest absolute Gasteiger partial charge is 0.261 e. The molecule has 34 heavy (non-hydrogen) atoms. The van der Waals surface area contributed by atoms with Gasteiger partial charge in [-0.15, -0.1) is 11.8 Å². The van der Waals surface area contributed by atoms with Crippen LogP contribution >= 0.6 is 11.8 Å². The second-order valence-electron chi connectivity index (χ2n) is 8.69. The Balaban J connectivity index is 1.28. The molecule has 2 heterocycles. The first kappa shape index (κ1) is 22.7. The Labute approximate surface area is 203 Å². The predicted molar refractivity (Wildman–Crippen MR) is 131 cm³/mol. The molecule has 2 aromatic carbocycles. The Hall–Kier alpha value is -3.13. The maximum Gasteiger partial charge on any atom is 0.261 e. The molecule has 0 bridgehead atoms. The summed E-state index contributed by atoms with van der Waals surface area (Å²) in [7, 11) is 1.63. The van der Waals surface area contributed by atoms with Gasteiger partial charge in [0.05, 0.1) is 12.0 Å². The molecule has 178 valence electrons. The number of carbonyl (C=O) groups is 2. The van der Waals surface area contributed by atoms with Crippen molar-refractivity contribution >= 4 is 29.7 Å². The van der Waals surface area contributed by atoms with E-state index in [4.69, 9.17) is 14.2 Å². The van der Waals surface area contributed by atoms with Crippen LogP contribution in [0.4, 0.5) is 0 Å². The van der Waals surface area contributed by atoms with Gasteiger partial charge in [0.15, 0.2) is 11.5 Å². The van der Waals surface area contributed by atoms with Gasteiger partial charge in [0, 0.05) is 17.8 Å². The number of hydrogen-bond acceptors (Lipinski definition) is 6. The second-order valence-corrected chi connectivity index (χ2v) is 9.97. The molecule has 2 atom stereocenters. The van der Waals surface area contributed by atoms with Gasteiger partial charge in [0.1, 0.15) is 12.3 Å². The maximum atomic E-state index is 13.4. The van der Waals surface area contributed by atoms with Gasteiger partial charge in [-0.25, -0.2) is 0 Å². The van der Waals surface area contributed by atoms with Crippen LogP contribution in [0.2, 0.25) is 0 Å². The van der Waals surface area contributed by atoms with Crippen LogP contribution in [0.25, 0.3) is 6.08 Å². The average Bonchev–Trinajstić information content (AvgIpc) is 3.34. The number of ether oxygens (including phenoxy) is 3. The first-order valence-electron chi connectivity index (χ1n) is 11.6. The molecule has 3 aliphatic rings. The van der Waals surface area contributed by atoms with Gasteiger partial charge < -0.3 is 24.4 Å². The molecule has 0 radical (unpaired) electrons. The van der Waals surface area contributed by atoms with Crippen molar-refractivity contribution in [1.29, 1.82) is 0 Å². The summed E-state index contributed by atoms with van der Waals surface area (Å²) in [5.41, 5.74) is 1.87. The summed E-state index contributed by atoms with van der Waals surface area (Å²) in [4.78, 5) is 28.8. The molecule has 2 fully saturated rings. The zero-order valence-electron chi connectivity index (χ0n) is 19.1. The lowest BCUT2D eigenvalue weighted by Crippen LogP contribution is -2.54. The molecular weight excluding hydrogens is 452 g/mol. The largest absolute Gasteiger partial charge is 0.497 e. The van der Waals surface area contributed by atoms with Crippen molar-refractivity contribution in [2.45, 2.75) is 43.5 Å². The van der Waals surface area contributed by atoms with Gasteiger partial charge in [0.25, 0.3) is 5.91 Å². The van der Waals surface area contributed by atoms with Crippen molar-refractivity contribution < 1.29 is 23.8 Å². The number of fused-ring (bicyclic) bond motifs is 2. The molecule has 5 rings (SSSR count). The zero-order chi connectivity index (χ0) is 23.5. The summed E-state index contributed by atoms with van der Waals surface area (Å²) in [6.07, 6.45) is 6.16. The Morgan fingerprint density at radius 1 is 1.15 bits per heavy atom. The van der Waals surface area contributed by atoms with Crippen LogP contribution in [0.3, 0.4) is 0 Å². The zero-order valence-corrected chi connectivity index (χ0v) is 19.9. The van der Waals surface area contributed by atoms with Crippen LogP contribution in [0, 0.1) is 0 Å².